The molecule has 0 aliphatic heterocycles. The SMILES string of the molecule is CC(C)(C)C#CCN(C(=O)O)c1sc(-c2cccnc2)nc1Cl. The number of hydrogen-bond donors (Lipinski definition) is 1. The van der Waals surface area contributed by atoms with Crippen molar-refractivity contribution in [2.75, 3.05) is 11.4 Å². The molecule has 2 rings (SSSR count). The summed E-state index contributed by atoms with van der Waals surface area (Å²) in [6.45, 7) is 5.93. The van der Waals surface area contributed by atoms with Crippen LogP contribution in [0.25, 0.3) is 10.6 Å². The third kappa shape index (κ3) is 4.68. The van der Waals surface area contributed by atoms with Crippen LogP contribution < -0.4 is 4.90 Å². The Morgan fingerprint density at radius 3 is 2.78 bits per heavy atom. The van der Waals surface area contributed by atoms with E-state index in [2.05, 4.69) is 21.8 Å². The molecule has 2 aromatic heterocycles. The highest BCUT2D eigenvalue weighted by molar-refractivity contribution is 7.19. The zero-order valence-electron chi connectivity index (χ0n) is 13.0. The summed E-state index contributed by atoms with van der Waals surface area (Å²) in [6, 6.07) is 3.63. The molecule has 1 N–H and O–H groups in total. The maximum absolute atomic E-state index is 11.5. The van der Waals surface area contributed by atoms with Crippen LogP contribution in [0.3, 0.4) is 0 Å². The van der Waals surface area contributed by atoms with Crippen LogP contribution >= 0.6 is 22.9 Å². The van der Waals surface area contributed by atoms with Crippen LogP contribution in [-0.4, -0.2) is 27.7 Å². The molecule has 23 heavy (non-hydrogen) atoms. The van der Waals surface area contributed by atoms with Gasteiger partial charge in [0, 0.05) is 23.4 Å². The summed E-state index contributed by atoms with van der Waals surface area (Å²) in [5, 5.41) is 10.6. The highest BCUT2D eigenvalue weighted by Crippen LogP contribution is 2.37. The topological polar surface area (TPSA) is 66.3 Å². The summed E-state index contributed by atoms with van der Waals surface area (Å²) in [5.74, 6) is 5.90. The van der Waals surface area contributed by atoms with Crippen LogP contribution in [0.4, 0.5) is 9.80 Å². The van der Waals surface area contributed by atoms with Crippen LogP contribution in [0.2, 0.25) is 5.15 Å². The third-order valence-corrected chi connectivity index (χ3v) is 4.16. The molecule has 120 valence electrons. The first-order valence-corrected chi connectivity index (χ1v) is 8.04. The highest BCUT2D eigenvalue weighted by Gasteiger charge is 2.21. The average Bonchev–Trinajstić information content (AvgIpc) is 2.85. The number of anilines is 1. The van der Waals surface area contributed by atoms with E-state index in [1.165, 1.54) is 11.3 Å². The van der Waals surface area contributed by atoms with Crippen molar-refractivity contribution in [3.8, 4) is 22.4 Å². The molecular formula is C16H16ClN3O2S. The van der Waals surface area contributed by atoms with E-state index in [0.717, 1.165) is 10.5 Å². The van der Waals surface area contributed by atoms with Crippen LogP contribution in [0.1, 0.15) is 20.8 Å². The monoisotopic (exact) mass is 349 g/mol. The van der Waals surface area contributed by atoms with Gasteiger partial charge in [-0.25, -0.2) is 9.78 Å². The Labute approximate surface area is 144 Å². The van der Waals surface area contributed by atoms with Gasteiger partial charge in [-0.2, -0.15) is 0 Å². The molecule has 0 unspecified atom stereocenters. The minimum Gasteiger partial charge on any atom is -0.465 e. The Kier molecular flexibility index (Phi) is 5.24. The number of hydrogen-bond acceptors (Lipinski definition) is 4. The first kappa shape index (κ1) is 17.3. The van der Waals surface area contributed by atoms with Gasteiger partial charge in [0.25, 0.3) is 0 Å². The number of amides is 1. The average molecular weight is 350 g/mol. The predicted octanol–water partition coefficient (Wildman–Crippen LogP) is 4.39. The van der Waals surface area contributed by atoms with E-state index in [-0.39, 0.29) is 17.1 Å². The first-order valence-electron chi connectivity index (χ1n) is 6.85. The molecule has 0 aromatic carbocycles. The molecule has 7 heteroatoms. The molecule has 1 amide bonds. The second kappa shape index (κ2) is 6.99. The Balaban J connectivity index is 2.31. The molecular weight excluding hydrogens is 334 g/mol. The van der Waals surface area contributed by atoms with Crippen molar-refractivity contribution in [2.24, 2.45) is 5.41 Å². The summed E-state index contributed by atoms with van der Waals surface area (Å²) in [5.41, 5.74) is 0.597. The van der Waals surface area contributed by atoms with Crippen molar-refractivity contribution < 1.29 is 9.90 Å². The Bertz CT molecular complexity index is 757. The number of rotatable bonds is 3. The lowest BCUT2D eigenvalue weighted by molar-refractivity contribution is 0.203. The van der Waals surface area contributed by atoms with Crippen molar-refractivity contribution in [2.45, 2.75) is 20.8 Å². The molecule has 0 saturated heterocycles. The zero-order chi connectivity index (χ0) is 17.0. The molecule has 2 aromatic rings. The first-order chi connectivity index (χ1) is 10.8. The fourth-order valence-electron chi connectivity index (χ4n) is 1.68. The Hall–Kier alpha value is -2.10. The van der Waals surface area contributed by atoms with E-state index < -0.39 is 6.09 Å². The van der Waals surface area contributed by atoms with Gasteiger partial charge >= 0.3 is 6.09 Å². The van der Waals surface area contributed by atoms with Gasteiger partial charge in [0.15, 0.2) is 5.15 Å². The summed E-state index contributed by atoms with van der Waals surface area (Å²) in [7, 11) is 0. The van der Waals surface area contributed by atoms with E-state index in [1.54, 1.807) is 18.5 Å². The summed E-state index contributed by atoms with van der Waals surface area (Å²) in [6.07, 6.45) is 2.20. The summed E-state index contributed by atoms with van der Waals surface area (Å²) < 4.78 is 0. The third-order valence-electron chi connectivity index (χ3n) is 2.65. The van der Waals surface area contributed by atoms with Gasteiger partial charge in [-0.05, 0) is 32.9 Å². The van der Waals surface area contributed by atoms with Gasteiger partial charge in [0.2, 0.25) is 0 Å². The van der Waals surface area contributed by atoms with Gasteiger partial charge in [-0.15, -0.1) is 0 Å². The van der Waals surface area contributed by atoms with Crippen LogP contribution in [0.15, 0.2) is 24.5 Å². The molecule has 0 saturated carbocycles. The van der Waals surface area contributed by atoms with Crippen molar-refractivity contribution in [3.63, 3.8) is 0 Å². The van der Waals surface area contributed by atoms with Crippen LogP contribution in [0.5, 0.6) is 0 Å². The number of carbonyl (C=O) groups is 1. The molecule has 0 atom stereocenters. The second-order valence-electron chi connectivity index (χ2n) is 5.78. The summed E-state index contributed by atoms with van der Waals surface area (Å²) >= 11 is 7.33. The van der Waals surface area contributed by atoms with E-state index in [9.17, 15) is 9.90 Å². The molecule has 0 radical (unpaired) electrons. The smallest absolute Gasteiger partial charge is 0.413 e. The van der Waals surface area contributed by atoms with Gasteiger partial charge in [0.1, 0.15) is 10.0 Å². The van der Waals surface area contributed by atoms with E-state index >= 15 is 0 Å². The maximum Gasteiger partial charge on any atom is 0.413 e. The second-order valence-corrected chi connectivity index (χ2v) is 7.11. The fraction of sp³-hybridized carbons (Fsp3) is 0.312. The fourth-order valence-corrected chi connectivity index (χ4v) is 2.98. The largest absolute Gasteiger partial charge is 0.465 e. The number of carboxylic acid groups (broad SMARTS) is 1. The normalized spacial score (nSPS) is 10.8. The van der Waals surface area contributed by atoms with Gasteiger partial charge in [-0.1, -0.05) is 34.8 Å². The number of nitrogens with zero attached hydrogens (tertiary/aromatic N) is 3. The van der Waals surface area contributed by atoms with Crippen molar-refractivity contribution in [1.29, 1.82) is 0 Å². The predicted molar refractivity (Wildman–Crippen MR) is 93.0 cm³/mol. The standard InChI is InChI=1S/C16H16ClN3O2S/c1-16(2,3)7-5-9-20(15(21)22)14-12(17)19-13(23-14)11-6-4-8-18-10-11/h4,6,8,10H,9H2,1-3H3,(H,21,22). The van der Waals surface area contributed by atoms with E-state index in [4.69, 9.17) is 11.6 Å². The zero-order valence-corrected chi connectivity index (χ0v) is 14.6. The van der Waals surface area contributed by atoms with E-state index in [0.29, 0.717) is 10.0 Å². The lowest BCUT2D eigenvalue weighted by Gasteiger charge is -2.14. The molecule has 0 aliphatic carbocycles. The molecule has 0 bridgehead atoms. The maximum atomic E-state index is 11.5. The Morgan fingerprint density at radius 2 is 2.22 bits per heavy atom. The van der Waals surface area contributed by atoms with Crippen molar-refractivity contribution in [3.05, 3.63) is 29.7 Å². The number of thiazole rings is 1. The minimum absolute atomic E-state index is 0.0427. The minimum atomic E-state index is -1.11. The van der Waals surface area contributed by atoms with Gasteiger partial charge in [0.05, 0.1) is 6.54 Å². The molecule has 0 spiro atoms. The lowest BCUT2D eigenvalue weighted by atomic mass is 9.98. The van der Waals surface area contributed by atoms with Crippen LogP contribution in [-0.2, 0) is 0 Å². The highest BCUT2D eigenvalue weighted by atomic mass is 35.5. The number of halogens is 1. The Morgan fingerprint density at radius 1 is 1.48 bits per heavy atom. The van der Waals surface area contributed by atoms with E-state index in [1.807, 2.05) is 26.8 Å². The lowest BCUT2D eigenvalue weighted by Crippen LogP contribution is -2.29. The number of aromatic nitrogens is 2. The molecule has 2 heterocycles. The van der Waals surface area contributed by atoms with Crippen LogP contribution in [0, 0.1) is 17.3 Å². The van der Waals surface area contributed by atoms with Gasteiger partial charge in [-0.3, -0.25) is 9.88 Å². The molecule has 5 nitrogen and oxygen atoms in total. The van der Waals surface area contributed by atoms with Crippen molar-refractivity contribution in [1.82, 2.24) is 9.97 Å². The quantitative estimate of drug-likeness (QED) is 0.834. The van der Waals surface area contributed by atoms with Crippen molar-refractivity contribution >= 4 is 34.0 Å². The molecule has 0 aliphatic rings. The van der Waals surface area contributed by atoms with Gasteiger partial charge < -0.3 is 5.11 Å². The molecule has 0 fully saturated rings. The number of pyridine rings is 1. The summed E-state index contributed by atoms with van der Waals surface area (Å²) in [4.78, 5) is 20.9.